The lowest BCUT2D eigenvalue weighted by molar-refractivity contribution is -0.0110. The van der Waals surface area contributed by atoms with E-state index in [2.05, 4.69) is 15.9 Å². The van der Waals surface area contributed by atoms with Gasteiger partial charge in [-0.1, -0.05) is 22.0 Å². The minimum Gasteiger partial charge on any atom is -0.393 e. The first kappa shape index (κ1) is 15.2. The van der Waals surface area contributed by atoms with Gasteiger partial charge in [0.25, 0.3) is 5.56 Å². The van der Waals surface area contributed by atoms with Gasteiger partial charge in [-0.2, -0.15) is 0 Å². The van der Waals surface area contributed by atoms with Crippen LogP contribution < -0.4 is 11.2 Å². The second-order valence-electron chi connectivity index (χ2n) is 4.63. The molecule has 2 atom stereocenters. The van der Waals surface area contributed by atoms with Gasteiger partial charge >= 0.3 is 5.69 Å². The molecule has 2 heterocycles. The molecule has 0 aliphatic carbocycles. The maximum absolute atomic E-state index is 12.4. The first-order chi connectivity index (χ1) is 9.58. The van der Waals surface area contributed by atoms with Crippen molar-refractivity contribution in [3.8, 4) is 0 Å². The third kappa shape index (κ3) is 2.94. The van der Waals surface area contributed by atoms with Gasteiger partial charge in [-0.05, 0) is 19.4 Å². The Morgan fingerprint density at radius 1 is 1.40 bits per heavy atom. The average Bonchev–Trinajstić information content (AvgIpc) is 2.91. The molecule has 0 unspecified atom stereocenters. The minimum atomic E-state index is -0.575. The van der Waals surface area contributed by atoms with Gasteiger partial charge in [0.15, 0.2) is 6.23 Å². The van der Waals surface area contributed by atoms with E-state index in [0.29, 0.717) is 18.5 Å². The topological polar surface area (TPSA) is 73.5 Å². The molecule has 0 bridgehead atoms. The van der Waals surface area contributed by atoms with Crippen molar-refractivity contribution in [1.82, 2.24) is 9.13 Å². The van der Waals surface area contributed by atoms with Gasteiger partial charge < -0.3 is 9.84 Å². The molecule has 7 heteroatoms. The molecule has 2 rings (SSSR count). The zero-order chi connectivity index (χ0) is 14.7. The Labute approximate surface area is 124 Å². The predicted molar refractivity (Wildman–Crippen MR) is 78.2 cm³/mol. The van der Waals surface area contributed by atoms with Crippen LogP contribution in [0.3, 0.4) is 0 Å². The van der Waals surface area contributed by atoms with Crippen LogP contribution >= 0.6 is 15.9 Å². The number of alkyl halides is 1. The first-order valence-electron chi connectivity index (χ1n) is 6.41. The van der Waals surface area contributed by atoms with E-state index in [1.54, 1.807) is 19.1 Å². The minimum absolute atomic E-state index is 0.135. The van der Waals surface area contributed by atoms with E-state index in [1.807, 2.05) is 0 Å². The number of hydrogen-bond donors (Lipinski definition) is 1. The van der Waals surface area contributed by atoms with Crippen LogP contribution in [0.5, 0.6) is 0 Å². The van der Waals surface area contributed by atoms with E-state index < -0.39 is 18.0 Å². The Morgan fingerprint density at radius 3 is 2.75 bits per heavy atom. The van der Waals surface area contributed by atoms with Crippen LogP contribution in [0, 0.1) is 6.92 Å². The fraction of sp³-hybridized carbons (Fsp3) is 0.538. The van der Waals surface area contributed by atoms with E-state index in [4.69, 9.17) is 9.84 Å². The zero-order valence-corrected chi connectivity index (χ0v) is 12.7. The molecule has 110 valence electrons. The molecule has 1 aliphatic heterocycles. The maximum atomic E-state index is 12.4. The Morgan fingerprint density at radius 2 is 2.15 bits per heavy atom. The summed E-state index contributed by atoms with van der Waals surface area (Å²) in [5.41, 5.74) is -0.175. The quantitative estimate of drug-likeness (QED) is 0.625. The molecule has 0 amide bonds. The summed E-state index contributed by atoms with van der Waals surface area (Å²) in [5.74, 6) is 0. The summed E-state index contributed by atoms with van der Waals surface area (Å²) >= 11 is 3.29. The van der Waals surface area contributed by atoms with E-state index >= 15 is 0 Å². The number of nitrogens with zero attached hydrogens (tertiary/aromatic N) is 2. The maximum Gasteiger partial charge on any atom is 0.333 e. The van der Waals surface area contributed by atoms with Gasteiger partial charge in [-0.3, -0.25) is 13.9 Å². The number of aliphatic hydroxyl groups excluding tert-OH is 1. The number of halogens is 1. The molecule has 0 saturated heterocycles. The van der Waals surface area contributed by atoms with Crippen molar-refractivity contribution in [3.63, 3.8) is 0 Å². The molecule has 0 spiro atoms. The average molecular weight is 345 g/mol. The van der Waals surface area contributed by atoms with Gasteiger partial charge in [0.05, 0.1) is 6.61 Å². The molecule has 0 saturated carbocycles. The first-order valence-corrected chi connectivity index (χ1v) is 7.53. The number of aliphatic hydroxyl groups is 1. The van der Waals surface area contributed by atoms with Crippen molar-refractivity contribution in [2.24, 2.45) is 0 Å². The molecular formula is C13H17BrN2O4. The molecular weight excluding hydrogens is 328 g/mol. The van der Waals surface area contributed by atoms with Crippen molar-refractivity contribution < 1.29 is 9.84 Å². The van der Waals surface area contributed by atoms with Crippen LogP contribution in [0.4, 0.5) is 0 Å². The van der Waals surface area contributed by atoms with Gasteiger partial charge in [0.2, 0.25) is 0 Å². The SMILES string of the molecule is Cc1cn([C@H]2C=C[C@@H](CO)O2)c(=O)n(CCCBr)c1=O. The Kier molecular flexibility index (Phi) is 4.95. The van der Waals surface area contributed by atoms with Crippen LogP contribution in [0.2, 0.25) is 0 Å². The lowest BCUT2D eigenvalue weighted by atomic mass is 10.3. The highest BCUT2D eigenvalue weighted by molar-refractivity contribution is 9.09. The highest BCUT2D eigenvalue weighted by Crippen LogP contribution is 2.19. The van der Waals surface area contributed by atoms with Gasteiger partial charge in [0, 0.05) is 23.6 Å². The lowest BCUT2D eigenvalue weighted by Gasteiger charge is -2.17. The molecule has 6 nitrogen and oxygen atoms in total. The third-order valence-electron chi connectivity index (χ3n) is 3.14. The van der Waals surface area contributed by atoms with Crippen LogP contribution in [0.15, 0.2) is 27.9 Å². The van der Waals surface area contributed by atoms with Crippen molar-refractivity contribution in [3.05, 3.63) is 44.8 Å². The van der Waals surface area contributed by atoms with Crippen LogP contribution in [0.1, 0.15) is 18.2 Å². The van der Waals surface area contributed by atoms with E-state index in [-0.39, 0.29) is 12.2 Å². The molecule has 0 aromatic carbocycles. The zero-order valence-electron chi connectivity index (χ0n) is 11.2. The van der Waals surface area contributed by atoms with Gasteiger partial charge in [0.1, 0.15) is 6.10 Å². The van der Waals surface area contributed by atoms with Crippen molar-refractivity contribution >= 4 is 15.9 Å². The summed E-state index contributed by atoms with van der Waals surface area (Å²) < 4.78 is 8.12. The summed E-state index contributed by atoms with van der Waals surface area (Å²) in [6.07, 6.45) is 4.63. The Hall–Kier alpha value is -1.18. The predicted octanol–water partition coefficient (Wildman–Crippen LogP) is 0.549. The molecule has 0 fully saturated rings. The van der Waals surface area contributed by atoms with Crippen molar-refractivity contribution in [2.75, 3.05) is 11.9 Å². The molecule has 0 radical (unpaired) electrons. The summed E-state index contributed by atoms with van der Waals surface area (Å²) in [6, 6.07) is 0. The second-order valence-corrected chi connectivity index (χ2v) is 5.43. The normalized spacial score (nSPS) is 21.6. The summed E-state index contributed by atoms with van der Waals surface area (Å²) in [6.45, 7) is 1.90. The fourth-order valence-corrected chi connectivity index (χ4v) is 2.36. The van der Waals surface area contributed by atoms with Gasteiger partial charge in [-0.25, -0.2) is 4.79 Å². The highest BCUT2D eigenvalue weighted by atomic mass is 79.9. The third-order valence-corrected chi connectivity index (χ3v) is 3.70. The fourth-order valence-electron chi connectivity index (χ4n) is 2.11. The molecule has 1 N–H and O–H groups in total. The lowest BCUT2D eigenvalue weighted by Crippen LogP contribution is -2.42. The molecule has 1 aliphatic rings. The van der Waals surface area contributed by atoms with Gasteiger partial charge in [-0.15, -0.1) is 0 Å². The van der Waals surface area contributed by atoms with Crippen molar-refractivity contribution in [1.29, 1.82) is 0 Å². The van der Waals surface area contributed by atoms with Crippen LogP contribution in [-0.2, 0) is 11.3 Å². The van der Waals surface area contributed by atoms with E-state index in [0.717, 1.165) is 5.33 Å². The summed E-state index contributed by atoms with van der Waals surface area (Å²) in [7, 11) is 0. The number of ether oxygens (including phenoxy) is 1. The number of aryl methyl sites for hydroxylation is 1. The van der Waals surface area contributed by atoms with Crippen LogP contribution in [0.25, 0.3) is 0 Å². The Bertz CT molecular complexity index is 620. The number of hydrogen-bond acceptors (Lipinski definition) is 4. The number of rotatable bonds is 5. The monoisotopic (exact) mass is 344 g/mol. The van der Waals surface area contributed by atoms with Crippen LogP contribution in [-0.4, -0.2) is 32.3 Å². The standard InChI is InChI=1S/C13H17BrN2O4/c1-9-7-16(11-4-3-10(8-17)20-11)13(19)15(12(9)18)6-2-5-14/h3-4,7,10-11,17H,2,5-6,8H2,1H3/t10-,11+/m0/s1. The van der Waals surface area contributed by atoms with Crippen molar-refractivity contribution in [2.45, 2.75) is 32.2 Å². The smallest absolute Gasteiger partial charge is 0.333 e. The van der Waals surface area contributed by atoms with E-state index in [9.17, 15) is 9.59 Å². The van der Waals surface area contributed by atoms with E-state index in [1.165, 1.54) is 15.3 Å². The number of aromatic nitrogens is 2. The summed E-state index contributed by atoms with van der Waals surface area (Å²) in [5, 5.41) is 9.77. The molecule has 1 aromatic rings. The largest absolute Gasteiger partial charge is 0.393 e. The second kappa shape index (κ2) is 6.51. The Balaban J connectivity index is 2.40. The summed E-state index contributed by atoms with van der Waals surface area (Å²) in [4.78, 5) is 24.4. The molecule has 20 heavy (non-hydrogen) atoms. The highest BCUT2D eigenvalue weighted by Gasteiger charge is 2.22. The molecule has 1 aromatic heterocycles.